The summed E-state index contributed by atoms with van der Waals surface area (Å²) in [7, 11) is -2.98. The number of thiophene rings is 1. The molecule has 1 atom stereocenters. The minimum absolute atomic E-state index is 0.0350. The molecule has 136 valence electrons. The monoisotopic (exact) mass is 398 g/mol. The molecule has 0 aromatic carbocycles. The number of hydrogen-bond acceptors (Lipinski definition) is 6. The first-order chi connectivity index (χ1) is 11.9. The first-order valence-corrected chi connectivity index (χ1v) is 11.9. The number of carbonyl (C=O) groups excluding carboxylic acids is 1. The van der Waals surface area contributed by atoms with Crippen LogP contribution in [0.25, 0.3) is 10.6 Å². The van der Waals surface area contributed by atoms with E-state index in [0.717, 1.165) is 20.5 Å². The maximum atomic E-state index is 12.7. The lowest BCUT2D eigenvalue weighted by Crippen LogP contribution is -2.41. The zero-order valence-corrected chi connectivity index (χ0v) is 16.8. The van der Waals surface area contributed by atoms with E-state index in [9.17, 15) is 13.2 Å². The summed E-state index contributed by atoms with van der Waals surface area (Å²) in [6.07, 6.45) is 1.60. The fourth-order valence-electron chi connectivity index (χ4n) is 3.27. The van der Waals surface area contributed by atoms with Gasteiger partial charge in [-0.2, -0.15) is 0 Å². The van der Waals surface area contributed by atoms with Crippen molar-refractivity contribution in [2.45, 2.75) is 39.2 Å². The van der Waals surface area contributed by atoms with Gasteiger partial charge in [0.1, 0.15) is 0 Å². The quantitative estimate of drug-likeness (QED) is 0.750. The Labute approximate surface area is 156 Å². The van der Waals surface area contributed by atoms with E-state index in [1.165, 1.54) is 0 Å². The van der Waals surface area contributed by atoms with Gasteiger partial charge in [-0.05, 0) is 38.1 Å². The Morgan fingerprint density at radius 2 is 2.24 bits per heavy atom. The summed E-state index contributed by atoms with van der Waals surface area (Å²) in [5.74, 6) is 0.331. The number of aromatic nitrogens is 1. The van der Waals surface area contributed by atoms with Crippen LogP contribution >= 0.6 is 22.7 Å². The molecule has 0 saturated carbocycles. The summed E-state index contributed by atoms with van der Waals surface area (Å²) in [6.45, 7) is 4.45. The molecule has 2 aromatic rings. The molecule has 1 saturated heterocycles. The van der Waals surface area contributed by atoms with Crippen LogP contribution in [0, 0.1) is 6.92 Å². The van der Waals surface area contributed by atoms with E-state index in [0.29, 0.717) is 25.8 Å². The molecule has 1 amide bonds. The average molecular weight is 399 g/mol. The molecular weight excluding hydrogens is 376 g/mol. The zero-order valence-electron chi connectivity index (χ0n) is 14.4. The molecule has 0 bridgehead atoms. The fraction of sp³-hybridized carbons (Fsp3) is 0.529. The van der Waals surface area contributed by atoms with E-state index in [4.69, 9.17) is 0 Å². The predicted molar refractivity (Wildman–Crippen MR) is 103 cm³/mol. The van der Waals surface area contributed by atoms with E-state index < -0.39 is 9.84 Å². The number of carbonyl (C=O) groups is 1. The second-order valence-corrected chi connectivity index (χ2v) is 10.7. The Kier molecular flexibility index (Phi) is 5.60. The number of amides is 1. The van der Waals surface area contributed by atoms with E-state index in [-0.39, 0.29) is 23.5 Å². The highest BCUT2D eigenvalue weighted by Crippen LogP contribution is 2.32. The Balaban J connectivity index is 1.68. The van der Waals surface area contributed by atoms with E-state index in [1.54, 1.807) is 27.6 Å². The van der Waals surface area contributed by atoms with Crippen LogP contribution in [0.15, 0.2) is 17.5 Å². The van der Waals surface area contributed by atoms with Crippen molar-refractivity contribution in [3.63, 3.8) is 0 Å². The molecule has 0 spiro atoms. The number of aryl methyl sites for hydroxylation is 2. The Hall–Kier alpha value is -1.25. The smallest absolute Gasteiger partial charge is 0.223 e. The lowest BCUT2D eigenvalue weighted by Gasteiger charge is -2.26. The average Bonchev–Trinajstić information content (AvgIpc) is 3.26. The number of sulfone groups is 1. The molecule has 3 rings (SSSR count). The Morgan fingerprint density at radius 1 is 1.44 bits per heavy atom. The molecule has 8 heteroatoms. The highest BCUT2D eigenvalue weighted by atomic mass is 32.2. The molecule has 0 radical (unpaired) electrons. The summed E-state index contributed by atoms with van der Waals surface area (Å²) in [6, 6.07) is 3.89. The van der Waals surface area contributed by atoms with Gasteiger partial charge in [0.15, 0.2) is 9.84 Å². The molecule has 0 unspecified atom stereocenters. The van der Waals surface area contributed by atoms with E-state index in [2.05, 4.69) is 4.98 Å². The van der Waals surface area contributed by atoms with Gasteiger partial charge in [0.05, 0.1) is 27.1 Å². The molecule has 5 nitrogen and oxygen atoms in total. The van der Waals surface area contributed by atoms with Crippen molar-refractivity contribution in [1.82, 2.24) is 9.88 Å². The van der Waals surface area contributed by atoms with Gasteiger partial charge in [-0.15, -0.1) is 22.7 Å². The summed E-state index contributed by atoms with van der Waals surface area (Å²) in [5, 5.41) is 3.03. The lowest BCUT2D eigenvalue weighted by atomic mass is 10.1. The topological polar surface area (TPSA) is 67.3 Å². The van der Waals surface area contributed by atoms with Gasteiger partial charge < -0.3 is 4.90 Å². The van der Waals surface area contributed by atoms with Gasteiger partial charge >= 0.3 is 0 Å². The van der Waals surface area contributed by atoms with Crippen LogP contribution in [0.2, 0.25) is 0 Å². The molecule has 25 heavy (non-hydrogen) atoms. The van der Waals surface area contributed by atoms with Crippen LogP contribution in [0.1, 0.15) is 29.7 Å². The summed E-state index contributed by atoms with van der Waals surface area (Å²) >= 11 is 3.29. The van der Waals surface area contributed by atoms with Gasteiger partial charge in [-0.25, -0.2) is 13.4 Å². The van der Waals surface area contributed by atoms with Crippen LogP contribution in [0.4, 0.5) is 0 Å². The summed E-state index contributed by atoms with van der Waals surface area (Å²) in [4.78, 5) is 21.3. The predicted octanol–water partition coefficient (Wildman–Crippen LogP) is 3.15. The number of rotatable bonds is 6. The Morgan fingerprint density at radius 3 is 2.84 bits per heavy atom. The van der Waals surface area contributed by atoms with Gasteiger partial charge in [0.2, 0.25) is 5.91 Å². The maximum Gasteiger partial charge on any atom is 0.223 e. The molecule has 0 N–H and O–H groups in total. The van der Waals surface area contributed by atoms with E-state index >= 15 is 0 Å². The summed E-state index contributed by atoms with van der Waals surface area (Å²) in [5.41, 5.74) is 0.983. The van der Waals surface area contributed by atoms with Crippen LogP contribution in [-0.2, 0) is 21.1 Å². The van der Waals surface area contributed by atoms with Crippen molar-refractivity contribution >= 4 is 38.4 Å². The first-order valence-electron chi connectivity index (χ1n) is 8.39. The van der Waals surface area contributed by atoms with Crippen molar-refractivity contribution in [2.75, 3.05) is 18.1 Å². The number of thiazole rings is 1. The fourth-order valence-corrected chi connectivity index (χ4v) is 6.75. The molecule has 1 fully saturated rings. The van der Waals surface area contributed by atoms with Gasteiger partial charge in [-0.1, -0.05) is 6.07 Å². The molecular formula is C17H22N2O3S3. The van der Waals surface area contributed by atoms with Gasteiger partial charge in [0, 0.05) is 23.9 Å². The first kappa shape index (κ1) is 18.5. The second kappa shape index (κ2) is 7.55. The van der Waals surface area contributed by atoms with Crippen molar-refractivity contribution in [2.24, 2.45) is 0 Å². The lowest BCUT2D eigenvalue weighted by molar-refractivity contribution is -0.132. The van der Waals surface area contributed by atoms with Crippen LogP contribution in [-0.4, -0.2) is 48.3 Å². The Bertz CT molecular complexity index is 841. The minimum Gasteiger partial charge on any atom is -0.339 e. The largest absolute Gasteiger partial charge is 0.339 e. The molecule has 1 aliphatic heterocycles. The number of hydrogen-bond donors (Lipinski definition) is 0. The van der Waals surface area contributed by atoms with Crippen molar-refractivity contribution < 1.29 is 13.2 Å². The SMILES string of the molecule is CCN(C(=O)CCc1sc(C)nc1-c1cccs1)[C@@H]1CCS(=O)(=O)C1. The standard InChI is InChI=1S/C17H22N2O3S3/c1-3-19(13-8-10-25(21,22)11-13)16(20)7-6-15-17(18-12(2)24-15)14-5-4-9-23-14/h4-5,9,13H,3,6-8,10-11H2,1-2H3/t13-/m1/s1. The second-order valence-electron chi connectivity index (χ2n) is 6.22. The van der Waals surface area contributed by atoms with Crippen LogP contribution in [0.3, 0.4) is 0 Å². The molecule has 1 aliphatic rings. The third-order valence-corrected chi connectivity index (χ3v) is 8.09. The highest BCUT2D eigenvalue weighted by molar-refractivity contribution is 7.91. The van der Waals surface area contributed by atoms with Crippen LogP contribution < -0.4 is 0 Å². The number of nitrogens with zero attached hydrogens (tertiary/aromatic N) is 2. The minimum atomic E-state index is -2.98. The normalized spacial score (nSPS) is 19.2. The third kappa shape index (κ3) is 4.30. The van der Waals surface area contributed by atoms with Crippen LogP contribution in [0.5, 0.6) is 0 Å². The molecule has 3 heterocycles. The van der Waals surface area contributed by atoms with Gasteiger partial charge in [-0.3, -0.25) is 4.79 Å². The van der Waals surface area contributed by atoms with Crippen molar-refractivity contribution in [1.29, 1.82) is 0 Å². The van der Waals surface area contributed by atoms with Crippen molar-refractivity contribution in [3.05, 3.63) is 27.4 Å². The maximum absolute atomic E-state index is 12.7. The molecule has 0 aliphatic carbocycles. The van der Waals surface area contributed by atoms with E-state index in [1.807, 2.05) is 31.4 Å². The van der Waals surface area contributed by atoms with Gasteiger partial charge in [0.25, 0.3) is 0 Å². The third-order valence-electron chi connectivity index (χ3n) is 4.43. The summed E-state index contributed by atoms with van der Waals surface area (Å²) < 4.78 is 23.4. The van der Waals surface area contributed by atoms with Crippen molar-refractivity contribution in [3.8, 4) is 10.6 Å². The molecule has 2 aromatic heterocycles. The zero-order chi connectivity index (χ0) is 18.0. The highest BCUT2D eigenvalue weighted by Gasteiger charge is 2.33.